The molecule has 17 rings (SSSR count). The average molecular weight is 813 g/mol. The third-order valence-electron chi connectivity index (χ3n) is 17.2. The molecule has 1 fully saturated rings. The van der Waals surface area contributed by atoms with Crippen LogP contribution in [0.5, 0.6) is 0 Å². The number of hydrogen-bond donors (Lipinski definition) is 0. The number of para-hydroxylation sites is 2. The lowest BCUT2D eigenvalue weighted by atomic mass is 9.31. The van der Waals surface area contributed by atoms with Crippen molar-refractivity contribution in [2.75, 3.05) is 4.90 Å². The molecular weight excluding hydrogens is 763 g/mol. The fourth-order valence-corrected chi connectivity index (χ4v) is 14.7. The van der Waals surface area contributed by atoms with Crippen molar-refractivity contribution >= 4 is 73.0 Å². The molecule has 5 heteroatoms. The minimum Gasteiger partial charge on any atom is -0.307 e. The Labute approximate surface area is 369 Å². The monoisotopic (exact) mass is 812 g/mol. The number of hydrogen-bond acceptors (Lipinski definition) is 2. The second kappa shape index (κ2) is 10.9. The summed E-state index contributed by atoms with van der Waals surface area (Å²) in [5, 5.41) is 2.63. The van der Waals surface area contributed by atoms with Crippen LogP contribution in [0.2, 0.25) is 0 Å². The Morgan fingerprint density at radius 3 is 1.95 bits per heavy atom. The predicted molar refractivity (Wildman–Crippen MR) is 262 cm³/mol. The zero-order chi connectivity index (χ0) is 42.3. The second-order valence-electron chi connectivity index (χ2n) is 21.2. The average Bonchev–Trinajstić information content (AvgIpc) is 3.96. The summed E-state index contributed by atoms with van der Waals surface area (Å²) >= 11 is 0. The SMILES string of the molecule is CC.CC(C)(C)c1nc2cc3c(c4c2n1-c1ccc2c5c1B4c1cccc4c1N5c1c(ccc5c6ccccc6n-2c15)C41c2ccccc2-c2ccccc21)C1(C)CCC3(C)CC1. The fourth-order valence-electron chi connectivity index (χ4n) is 14.7. The van der Waals surface area contributed by atoms with E-state index in [9.17, 15) is 0 Å². The highest BCUT2D eigenvalue weighted by Gasteiger charge is 2.59. The molecule has 4 aliphatic carbocycles. The van der Waals surface area contributed by atoms with Crippen molar-refractivity contribution in [1.29, 1.82) is 0 Å². The predicted octanol–water partition coefficient (Wildman–Crippen LogP) is 12.2. The molecule has 4 nitrogen and oxygen atoms in total. The summed E-state index contributed by atoms with van der Waals surface area (Å²) in [5.41, 5.74) is 27.2. The number of imidazole rings is 1. The molecule has 0 saturated heterocycles. The van der Waals surface area contributed by atoms with Crippen molar-refractivity contribution in [2.24, 2.45) is 0 Å². The normalized spacial score (nSPS) is 21.2. The van der Waals surface area contributed by atoms with Gasteiger partial charge in [0, 0.05) is 27.6 Å². The molecule has 0 N–H and O–H groups in total. The molecule has 0 atom stereocenters. The van der Waals surface area contributed by atoms with Crippen LogP contribution in [0.25, 0.3) is 55.3 Å². The van der Waals surface area contributed by atoms with Crippen LogP contribution < -0.4 is 21.3 Å². The zero-order valence-corrected chi connectivity index (χ0v) is 37.2. The van der Waals surface area contributed by atoms with E-state index < -0.39 is 5.41 Å². The molecule has 7 aromatic carbocycles. The lowest BCUT2D eigenvalue weighted by Crippen LogP contribution is -2.65. The van der Waals surface area contributed by atoms with Crippen molar-refractivity contribution < 1.29 is 0 Å². The molecule has 1 spiro atoms. The van der Waals surface area contributed by atoms with E-state index in [1.165, 1.54) is 137 Å². The van der Waals surface area contributed by atoms with Crippen molar-refractivity contribution in [2.45, 2.75) is 95.8 Å². The molecule has 63 heavy (non-hydrogen) atoms. The number of anilines is 3. The van der Waals surface area contributed by atoms with Crippen LogP contribution in [0, 0.1) is 0 Å². The summed E-state index contributed by atoms with van der Waals surface area (Å²) in [6, 6.07) is 47.6. The molecule has 6 heterocycles. The maximum atomic E-state index is 5.73. The van der Waals surface area contributed by atoms with Crippen LogP contribution in [0.15, 0.2) is 121 Å². The number of benzene rings is 7. The Balaban J connectivity index is 0.00000183. The van der Waals surface area contributed by atoms with Gasteiger partial charge in [-0.25, -0.2) is 4.98 Å². The lowest BCUT2D eigenvalue weighted by molar-refractivity contribution is 0.189. The highest BCUT2D eigenvalue weighted by atomic mass is 15.2. The number of nitrogens with zero attached hydrogens (tertiary/aromatic N) is 4. The summed E-state index contributed by atoms with van der Waals surface area (Å²) in [6.45, 7) is 16.3. The number of aromatic nitrogens is 3. The minimum absolute atomic E-state index is 0.0541. The van der Waals surface area contributed by atoms with Gasteiger partial charge in [-0.2, -0.15) is 0 Å². The van der Waals surface area contributed by atoms with Crippen molar-refractivity contribution in [1.82, 2.24) is 14.1 Å². The van der Waals surface area contributed by atoms with Gasteiger partial charge in [0.1, 0.15) is 5.82 Å². The van der Waals surface area contributed by atoms with Crippen LogP contribution in [0.1, 0.15) is 113 Å². The third-order valence-corrected chi connectivity index (χ3v) is 17.2. The standard InChI is InChI=1S/C56H43BN4.C2H6/c1-53(2,3)52-58-40-29-38-44(55(5)27-25-54(38,4)26-28-55)46-50(40)60(52)42-23-24-43-51-45(42)57(46)39-19-12-18-36-48(39)61(51)49-37(22-21-33-32-15-8-11-20-41(32)59(43)47(33)49)56(36)34-16-9-6-13-30(34)31-14-7-10-17-35(31)56;1-2/h6-24,29H,25-28H2,1-5H3;1-2H3. The van der Waals surface area contributed by atoms with E-state index >= 15 is 0 Å². The van der Waals surface area contributed by atoms with Gasteiger partial charge in [0.05, 0.1) is 44.5 Å². The van der Waals surface area contributed by atoms with Gasteiger partial charge in [0.2, 0.25) is 0 Å². The fraction of sp³-hybridized carbons (Fsp3) is 0.259. The Bertz CT molecular complexity index is 3590. The van der Waals surface area contributed by atoms with E-state index in [2.05, 4.69) is 170 Å². The van der Waals surface area contributed by atoms with Crippen LogP contribution in [-0.4, -0.2) is 20.8 Å². The molecule has 4 aliphatic heterocycles. The first-order chi connectivity index (χ1) is 30.6. The van der Waals surface area contributed by atoms with Crippen LogP contribution >= 0.6 is 0 Å². The first kappa shape index (κ1) is 35.2. The van der Waals surface area contributed by atoms with Crippen molar-refractivity contribution in [3.05, 3.63) is 161 Å². The van der Waals surface area contributed by atoms with E-state index in [0.29, 0.717) is 0 Å². The summed E-state index contributed by atoms with van der Waals surface area (Å²) in [6.07, 6.45) is 4.97. The summed E-state index contributed by atoms with van der Waals surface area (Å²) in [4.78, 5) is 8.51. The molecule has 0 amide bonds. The van der Waals surface area contributed by atoms with Gasteiger partial charge in [-0.05, 0) is 122 Å². The lowest BCUT2D eigenvalue weighted by Gasteiger charge is -2.55. The Hall–Kier alpha value is -6.33. The molecule has 0 unspecified atom stereocenters. The van der Waals surface area contributed by atoms with Crippen molar-refractivity contribution in [3.63, 3.8) is 0 Å². The number of rotatable bonds is 0. The van der Waals surface area contributed by atoms with Gasteiger partial charge in [-0.15, -0.1) is 0 Å². The third kappa shape index (κ3) is 3.61. The topological polar surface area (TPSA) is 26.0 Å². The summed E-state index contributed by atoms with van der Waals surface area (Å²) in [5.74, 6) is 1.16. The molecule has 8 aliphatic rings. The van der Waals surface area contributed by atoms with E-state index in [1.807, 2.05) is 13.8 Å². The molecule has 1 saturated carbocycles. The van der Waals surface area contributed by atoms with Gasteiger partial charge < -0.3 is 9.47 Å². The van der Waals surface area contributed by atoms with E-state index in [0.717, 1.165) is 5.82 Å². The Kier molecular flexibility index (Phi) is 6.07. The van der Waals surface area contributed by atoms with Crippen LogP contribution in [-0.2, 0) is 21.7 Å². The molecule has 9 aromatic rings. The quantitative estimate of drug-likeness (QED) is 0.143. The Morgan fingerprint density at radius 2 is 1.21 bits per heavy atom. The van der Waals surface area contributed by atoms with E-state index in [1.54, 1.807) is 11.1 Å². The highest BCUT2D eigenvalue weighted by molar-refractivity contribution is 7.00. The maximum absolute atomic E-state index is 5.73. The van der Waals surface area contributed by atoms with Crippen LogP contribution in [0.3, 0.4) is 0 Å². The van der Waals surface area contributed by atoms with Crippen LogP contribution in [0.4, 0.5) is 17.1 Å². The molecule has 304 valence electrons. The van der Waals surface area contributed by atoms with E-state index in [-0.39, 0.29) is 23.0 Å². The van der Waals surface area contributed by atoms with Gasteiger partial charge in [0.15, 0.2) is 0 Å². The zero-order valence-electron chi connectivity index (χ0n) is 37.2. The largest absolute Gasteiger partial charge is 0.307 e. The van der Waals surface area contributed by atoms with Gasteiger partial charge in [-0.3, -0.25) is 4.57 Å². The molecule has 2 aromatic heterocycles. The molecule has 2 bridgehead atoms. The molecule has 0 radical (unpaired) electrons. The first-order valence-corrected chi connectivity index (χ1v) is 23.6. The van der Waals surface area contributed by atoms with Crippen molar-refractivity contribution in [3.8, 4) is 22.5 Å². The smallest absolute Gasteiger partial charge is 0.252 e. The summed E-state index contributed by atoms with van der Waals surface area (Å²) < 4.78 is 5.29. The highest BCUT2D eigenvalue weighted by Crippen LogP contribution is 2.67. The summed E-state index contributed by atoms with van der Waals surface area (Å²) in [7, 11) is 0. The van der Waals surface area contributed by atoms with Gasteiger partial charge in [0.25, 0.3) is 6.71 Å². The number of fused-ring (bicyclic) bond motifs is 16. The Morgan fingerprint density at radius 1 is 0.556 bits per heavy atom. The van der Waals surface area contributed by atoms with Gasteiger partial charge in [-0.1, -0.05) is 146 Å². The van der Waals surface area contributed by atoms with E-state index in [4.69, 9.17) is 4.98 Å². The molecular formula is C58H49BN4. The maximum Gasteiger partial charge on any atom is 0.252 e. The minimum atomic E-state index is -0.494. The second-order valence-corrected chi connectivity index (χ2v) is 21.2. The first-order valence-electron chi connectivity index (χ1n) is 23.6. The van der Waals surface area contributed by atoms with Gasteiger partial charge >= 0.3 is 0 Å².